The molecule has 1 heterocycles. The molecule has 2 N–H and O–H groups in total. The van der Waals surface area contributed by atoms with Gasteiger partial charge in [-0.15, -0.1) is 0 Å². The Labute approximate surface area is 129 Å². The van der Waals surface area contributed by atoms with Gasteiger partial charge in [0.2, 0.25) is 0 Å². The first kappa shape index (κ1) is 16.4. The molecule has 6 heteroatoms. The number of carbonyl (C=O) groups is 1. The standard InChI is InChI=1S/C16H22FN3O2/c1-12(19-16(21)9-18-22)10-20-6-2-3-14-5-4-13(8-17)7-15(14)11-20/h4-5,7,9,12,22H,2-3,6,8,10-11H2,1H3,(H,19,21)/b18-9-/t12-/m0/s1. The van der Waals surface area contributed by atoms with Crippen molar-refractivity contribution in [3.05, 3.63) is 34.9 Å². The molecule has 5 nitrogen and oxygen atoms in total. The number of carbonyl (C=O) groups excluding carboxylic acids is 1. The molecule has 0 saturated carbocycles. The molecule has 1 aliphatic rings. The van der Waals surface area contributed by atoms with Crippen LogP contribution in [0.25, 0.3) is 0 Å². The largest absolute Gasteiger partial charge is 0.411 e. The van der Waals surface area contributed by atoms with Crippen LogP contribution in [0.15, 0.2) is 23.4 Å². The fraction of sp³-hybridized carbons (Fsp3) is 0.500. The second kappa shape index (κ2) is 7.89. The van der Waals surface area contributed by atoms with Crippen molar-refractivity contribution < 1.29 is 14.4 Å². The van der Waals surface area contributed by atoms with Crippen LogP contribution in [-0.4, -0.2) is 41.4 Å². The Kier molecular flexibility index (Phi) is 5.89. The van der Waals surface area contributed by atoms with Crippen LogP contribution in [0, 0.1) is 0 Å². The maximum Gasteiger partial charge on any atom is 0.266 e. The Morgan fingerprint density at radius 1 is 1.55 bits per heavy atom. The van der Waals surface area contributed by atoms with E-state index < -0.39 is 12.6 Å². The number of nitrogens with one attached hydrogen (secondary N) is 1. The minimum atomic E-state index is -0.444. The fourth-order valence-electron chi connectivity index (χ4n) is 2.89. The quantitative estimate of drug-likeness (QED) is 0.496. The summed E-state index contributed by atoms with van der Waals surface area (Å²) in [5.41, 5.74) is 3.16. The summed E-state index contributed by atoms with van der Waals surface area (Å²) in [6.45, 7) is 3.86. The highest BCUT2D eigenvalue weighted by Crippen LogP contribution is 2.20. The Bertz CT molecular complexity index is 548. The predicted molar refractivity (Wildman–Crippen MR) is 82.7 cm³/mol. The minimum absolute atomic E-state index is 0.0589. The Morgan fingerprint density at radius 2 is 2.36 bits per heavy atom. The monoisotopic (exact) mass is 307 g/mol. The van der Waals surface area contributed by atoms with Gasteiger partial charge in [0, 0.05) is 19.1 Å². The topological polar surface area (TPSA) is 64.9 Å². The molecule has 0 radical (unpaired) electrons. The number of amides is 1. The molecular weight excluding hydrogens is 285 g/mol. The van der Waals surface area contributed by atoms with E-state index in [0.717, 1.165) is 32.1 Å². The number of nitrogens with zero attached hydrogens (tertiary/aromatic N) is 2. The summed E-state index contributed by atoms with van der Waals surface area (Å²) in [5, 5.41) is 13.8. The highest BCUT2D eigenvalue weighted by molar-refractivity contribution is 6.26. The lowest BCUT2D eigenvalue weighted by Crippen LogP contribution is -2.42. The average Bonchev–Trinajstić information content (AvgIpc) is 2.67. The van der Waals surface area contributed by atoms with Crippen molar-refractivity contribution in [2.75, 3.05) is 13.1 Å². The molecule has 120 valence electrons. The number of fused-ring (bicyclic) bond motifs is 1. The molecule has 0 aromatic heterocycles. The Balaban J connectivity index is 1.99. The Hall–Kier alpha value is -1.95. The summed E-state index contributed by atoms with van der Waals surface area (Å²) in [6, 6.07) is 5.76. The number of benzene rings is 1. The third-order valence-electron chi connectivity index (χ3n) is 3.84. The summed E-state index contributed by atoms with van der Waals surface area (Å²) in [7, 11) is 0. The van der Waals surface area contributed by atoms with E-state index in [2.05, 4.69) is 15.4 Å². The first-order valence-corrected chi connectivity index (χ1v) is 7.49. The van der Waals surface area contributed by atoms with Gasteiger partial charge in [0.15, 0.2) is 0 Å². The third kappa shape index (κ3) is 4.53. The van der Waals surface area contributed by atoms with E-state index in [1.165, 1.54) is 11.1 Å². The predicted octanol–water partition coefficient (Wildman–Crippen LogP) is 1.87. The maximum atomic E-state index is 12.8. The first-order valence-electron chi connectivity index (χ1n) is 7.49. The summed E-state index contributed by atoms with van der Waals surface area (Å²) in [6.07, 6.45) is 2.89. The van der Waals surface area contributed by atoms with Crippen LogP contribution < -0.4 is 5.32 Å². The third-order valence-corrected chi connectivity index (χ3v) is 3.84. The lowest BCUT2D eigenvalue weighted by molar-refractivity contribution is -0.115. The Morgan fingerprint density at radius 3 is 3.09 bits per heavy atom. The normalized spacial score (nSPS) is 17.0. The van der Waals surface area contributed by atoms with Crippen molar-refractivity contribution in [1.82, 2.24) is 10.2 Å². The van der Waals surface area contributed by atoms with Crippen LogP contribution in [0.2, 0.25) is 0 Å². The van der Waals surface area contributed by atoms with Gasteiger partial charge in [-0.1, -0.05) is 23.4 Å². The van der Waals surface area contributed by atoms with Crippen LogP contribution in [0.1, 0.15) is 30.0 Å². The smallest absolute Gasteiger partial charge is 0.266 e. The van der Waals surface area contributed by atoms with Crippen molar-refractivity contribution in [2.24, 2.45) is 5.16 Å². The summed E-state index contributed by atoms with van der Waals surface area (Å²) >= 11 is 0. The zero-order valence-electron chi connectivity index (χ0n) is 12.8. The molecule has 0 bridgehead atoms. The van der Waals surface area contributed by atoms with Crippen molar-refractivity contribution in [2.45, 2.75) is 39.0 Å². The molecule has 1 aromatic rings. The van der Waals surface area contributed by atoms with Crippen LogP contribution >= 0.6 is 0 Å². The molecular formula is C16H22FN3O2. The second-order valence-electron chi connectivity index (χ2n) is 5.73. The number of halogens is 1. The number of hydrogen-bond acceptors (Lipinski definition) is 4. The van der Waals surface area contributed by atoms with Crippen LogP contribution in [-0.2, 0) is 24.4 Å². The van der Waals surface area contributed by atoms with E-state index in [1.54, 1.807) is 0 Å². The molecule has 0 aliphatic carbocycles. The van der Waals surface area contributed by atoms with E-state index in [9.17, 15) is 9.18 Å². The van der Waals surface area contributed by atoms with E-state index in [0.29, 0.717) is 12.1 Å². The van der Waals surface area contributed by atoms with Gasteiger partial charge >= 0.3 is 0 Å². The summed E-state index contributed by atoms with van der Waals surface area (Å²) in [5.74, 6) is -0.412. The highest BCUT2D eigenvalue weighted by atomic mass is 19.1. The van der Waals surface area contributed by atoms with Gasteiger partial charge < -0.3 is 10.5 Å². The van der Waals surface area contributed by atoms with Gasteiger partial charge in [0.05, 0.1) is 0 Å². The van der Waals surface area contributed by atoms with Crippen LogP contribution in [0.5, 0.6) is 0 Å². The SMILES string of the molecule is C[C@@H](CN1CCCc2ccc(CF)cc2C1)NC(=O)/C=N\O. The van der Waals surface area contributed by atoms with Crippen LogP contribution in [0.3, 0.4) is 0 Å². The van der Waals surface area contributed by atoms with Crippen molar-refractivity contribution in [3.63, 3.8) is 0 Å². The molecule has 1 aliphatic heterocycles. The van der Waals surface area contributed by atoms with Gasteiger partial charge in [-0.3, -0.25) is 9.69 Å². The number of aryl methyl sites for hydroxylation is 1. The van der Waals surface area contributed by atoms with E-state index in [-0.39, 0.29) is 6.04 Å². The summed E-state index contributed by atoms with van der Waals surface area (Å²) < 4.78 is 12.8. The van der Waals surface area contributed by atoms with Gasteiger partial charge in [0.25, 0.3) is 5.91 Å². The maximum absolute atomic E-state index is 12.8. The van der Waals surface area contributed by atoms with E-state index >= 15 is 0 Å². The lowest BCUT2D eigenvalue weighted by atomic mass is 10.0. The molecule has 0 unspecified atom stereocenters. The van der Waals surface area contributed by atoms with Gasteiger partial charge in [-0.2, -0.15) is 0 Å². The average molecular weight is 307 g/mol. The molecule has 1 amide bonds. The first-order chi connectivity index (χ1) is 10.6. The molecule has 1 atom stereocenters. The van der Waals surface area contributed by atoms with E-state index in [1.807, 2.05) is 25.1 Å². The number of rotatable bonds is 5. The van der Waals surface area contributed by atoms with Gasteiger partial charge in [0.1, 0.15) is 12.9 Å². The molecule has 2 rings (SSSR count). The molecule has 0 fully saturated rings. The minimum Gasteiger partial charge on any atom is -0.411 e. The van der Waals surface area contributed by atoms with Crippen molar-refractivity contribution in [1.29, 1.82) is 0 Å². The lowest BCUT2D eigenvalue weighted by Gasteiger charge is -2.24. The fourth-order valence-corrected chi connectivity index (χ4v) is 2.89. The molecule has 0 saturated heterocycles. The molecule has 0 spiro atoms. The van der Waals surface area contributed by atoms with Crippen molar-refractivity contribution in [3.8, 4) is 0 Å². The van der Waals surface area contributed by atoms with Crippen LogP contribution in [0.4, 0.5) is 4.39 Å². The molecule has 1 aromatic carbocycles. The zero-order valence-corrected chi connectivity index (χ0v) is 12.8. The van der Waals surface area contributed by atoms with Gasteiger partial charge in [-0.05, 0) is 43.0 Å². The van der Waals surface area contributed by atoms with Crippen molar-refractivity contribution >= 4 is 12.1 Å². The van der Waals surface area contributed by atoms with Gasteiger partial charge in [-0.25, -0.2) is 4.39 Å². The molecule has 22 heavy (non-hydrogen) atoms. The highest BCUT2D eigenvalue weighted by Gasteiger charge is 2.17. The number of hydrogen-bond donors (Lipinski definition) is 2. The number of oxime groups is 1. The van der Waals surface area contributed by atoms with E-state index in [4.69, 9.17) is 5.21 Å². The number of alkyl halides is 1. The second-order valence-corrected chi connectivity index (χ2v) is 5.73. The zero-order chi connectivity index (χ0) is 15.9. The summed E-state index contributed by atoms with van der Waals surface area (Å²) in [4.78, 5) is 13.6.